The van der Waals surface area contributed by atoms with Crippen LogP contribution in [0.25, 0.3) is 11.3 Å². The van der Waals surface area contributed by atoms with Crippen LogP contribution in [-0.2, 0) is 0 Å². The summed E-state index contributed by atoms with van der Waals surface area (Å²) in [6.07, 6.45) is 0. The number of rotatable bonds is 4. The standard InChI is InChI=1S/C15H17BrN2O2/c1-9(2)15-17-13(8-14(16)18-15)10-5-11(19-3)7-12(6-10)20-4/h5-9H,1-4H3. The van der Waals surface area contributed by atoms with Crippen molar-refractivity contribution in [3.8, 4) is 22.8 Å². The molecule has 0 bridgehead atoms. The zero-order valence-electron chi connectivity index (χ0n) is 12.0. The fourth-order valence-electron chi connectivity index (χ4n) is 1.80. The lowest BCUT2D eigenvalue weighted by Crippen LogP contribution is -2.00. The largest absolute Gasteiger partial charge is 0.497 e. The lowest BCUT2D eigenvalue weighted by molar-refractivity contribution is 0.394. The number of aromatic nitrogens is 2. The van der Waals surface area contributed by atoms with Crippen molar-refractivity contribution in [3.63, 3.8) is 0 Å². The molecule has 5 heteroatoms. The topological polar surface area (TPSA) is 44.2 Å². The summed E-state index contributed by atoms with van der Waals surface area (Å²) in [5.74, 6) is 2.54. The highest BCUT2D eigenvalue weighted by Crippen LogP contribution is 2.30. The summed E-state index contributed by atoms with van der Waals surface area (Å²) in [7, 11) is 3.27. The number of ether oxygens (including phenoxy) is 2. The molecule has 20 heavy (non-hydrogen) atoms. The summed E-state index contributed by atoms with van der Waals surface area (Å²) in [5.41, 5.74) is 1.78. The molecule has 0 saturated carbocycles. The molecule has 0 radical (unpaired) electrons. The van der Waals surface area contributed by atoms with E-state index in [1.54, 1.807) is 14.2 Å². The molecule has 0 N–H and O–H groups in total. The SMILES string of the molecule is COc1cc(OC)cc(-c2cc(Br)nc(C(C)C)n2)c1. The second-order valence-electron chi connectivity index (χ2n) is 4.69. The lowest BCUT2D eigenvalue weighted by Gasteiger charge is -2.10. The average molecular weight is 337 g/mol. The highest BCUT2D eigenvalue weighted by atomic mass is 79.9. The minimum absolute atomic E-state index is 0.263. The first-order valence-corrected chi connectivity index (χ1v) is 7.10. The summed E-state index contributed by atoms with van der Waals surface area (Å²) in [6, 6.07) is 7.59. The van der Waals surface area contributed by atoms with Gasteiger partial charge in [-0.2, -0.15) is 0 Å². The lowest BCUT2D eigenvalue weighted by atomic mass is 10.1. The van der Waals surface area contributed by atoms with Crippen LogP contribution in [0.4, 0.5) is 0 Å². The van der Waals surface area contributed by atoms with Gasteiger partial charge in [0.15, 0.2) is 0 Å². The number of methoxy groups -OCH3 is 2. The van der Waals surface area contributed by atoms with Crippen molar-refractivity contribution < 1.29 is 9.47 Å². The predicted octanol–water partition coefficient (Wildman–Crippen LogP) is 4.05. The molecule has 0 fully saturated rings. The van der Waals surface area contributed by atoms with E-state index in [-0.39, 0.29) is 5.92 Å². The first-order valence-electron chi connectivity index (χ1n) is 6.31. The Hall–Kier alpha value is -1.62. The normalized spacial score (nSPS) is 10.7. The maximum absolute atomic E-state index is 5.29. The number of hydrogen-bond acceptors (Lipinski definition) is 4. The van der Waals surface area contributed by atoms with Crippen molar-refractivity contribution in [2.24, 2.45) is 0 Å². The Morgan fingerprint density at radius 2 is 1.55 bits per heavy atom. The van der Waals surface area contributed by atoms with Gasteiger partial charge in [-0.3, -0.25) is 0 Å². The molecule has 0 saturated heterocycles. The van der Waals surface area contributed by atoms with E-state index in [0.717, 1.165) is 33.2 Å². The molecule has 0 aliphatic heterocycles. The van der Waals surface area contributed by atoms with Gasteiger partial charge in [-0.25, -0.2) is 9.97 Å². The minimum atomic E-state index is 0.263. The summed E-state index contributed by atoms with van der Waals surface area (Å²) >= 11 is 3.44. The van der Waals surface area contributed by atoms with Crippen LogP contribution in [0.5, 0.6) is 11.5 Å². The van der Waals surface area contributed by atoms with E-state index in [4.69, 9.17) is 9.47 Å². The van der Waals surface area contributed by atoms with Crippen LogP contribution < -0.4 is 9.47 Å². The monoisotopic (exact) mass is 336 g/mol. The maximum Gasteiger partial charge on any atom is 0.132 e. The van der Waals surface area contributed by atoms with Crippen LogP contribution in [0.1, 0.15) is 25.6 Å². The fourth-order valence-corrected chi connectivity index (χ4v) is 2.20. The van der Waals surface area contributed by atoms with Crippen molar-refractivity contribution in [2.45, 2.75) is 19.8 Å². The Bertz CT molecular complexity index is 593. The van der Waals surface area contributed by atoms with Gasteiger partial charge in [0.25, 0.3) is 0 Å². The summed E-state index contributed by atoms with van der Waals surface area (Å²) in [4.78, 5) is 8.99. The second-order valence-corrected chi connectivity index (χ2v) is 5.50. The average Bonchev–Trinajstić information content (AvgIpc) is 2.45. The summed E-state index contributed by atoms with van der Waals surface area (Å²) in [5, 5.41) is 0. The fraction of sp³-hybridized carbons (Fsp3) is 0.333. The van der Waals surface area contributed by atoms with Gasteiger partial charge in [0.2, 0.25) is 0 Å². The molecule has 0 atom stereocenters. The third kappa shape index (κ3) is 3.28. The molecule has 1 aromatic carbocycles. The van der Waals surface area contributed by atoms with Gasteiger partial charge in [-0.15, -0.1) is 0 Å². The quantitative estimate of drug-likeness (QED) is 0.790. The van der Waals surface area contributed by atoms with E-state index in [2.05, 4.69) is 39.7 Å². The second kappa shape index (κ2) is 6.22. The number of halogens is 1. The minimum Gasteiger partial charge on any atom is -0.497 e. The van der Waals surface area contributed by atoms with Gasteiger partial charge in [-0.1, -0.05) is 13.8 Å². The van der Waals surface area contributed by atoms with Crippen LogP contribution in [0.2, 0.25) is 0 Å². The molecule has 0 spiro atoms. The van der Waals surface area contributed by atoms with Gasteiger partial charge in [0.05, 0.1) is 19.9 Å². The van der Waals surface area contributed by atoms with Crippen molar-refractivity contribution in [1.29, 1.82) is 0 Å². The third-order valence-corrected chi connectivity index (χ3v) is 3.28. The van der Waals surface area contributed by atoms with E-state index in [1.807, 2.05) is 24.3 Å². The Morgan fingerprint density at radius 3 is 2.05 bits per heavy atom. The van der Waals surface area contributed by atoms with Crippen LogP contribution in [-0.4, -0.2) is 24.2 Å². The molecule has 0 aliphatic carbocycles. The molecule has 1 heterocycles. The van der Waals surface area contributed by atoms with Gasteiger partial charge >= 0.3 is 0 Å². The van der Waals surface area contributed by atoms with Gasteiger partial charge < -0.3 is 9.47 Å². The summed E-state index contributed by atoms with van der Waals surface area (Å²) < 4.78 is 11.4. The Labute approximate surface area is 127 Å². The van der Waals surface area contributed by atoms with Crippen LogP contribution in [0, 0.1) is 0 Å². The molecular formula is C15H17BrN2O2. The molecular weight excluding hydrogens is 320 g/mol. The van der Waals surface area contributed by atoms with E-state index >= 15 is 0 Å². The van der Waals surface area contributed by atoms with E-state index in [0.29, 0.717) is 0 Å². The van der Waals surface area contributed by atoms with Crippen LogP contribution >= 0.6 is 15.9 Å². The Kier molecular flexibility index (Phi) is 4.60. The van der Waals surface area contributed by atoms with E-state index < -0.39 is 0 Å². The highest BCUT2D eigenvalue weighted by Gasteiger charge is 2.10. The molecule has 2 rings (SSSR count). The van der Waals surface area contributed by atoms with Crippen molar-refractivity contribution >= 4 is 15.9 Å². The predicted molar refractivity (Wildman–Crippen MR) is 82.4 cm³/mol. The smallest absolute Gasteiger partial charge is 0.132 e. The van der Waals surface area contributed by atoms with Crippen LogP contribution in [0.3, 0.4) is 0 Å². The molecule has 1 aromatic heterocycles. The molecule has 0 aliphatic rings. The Morgan fingerprint density at radius 1 is 0.950 bits per heavy atom. The van der Waals surface area contributed by atoms with Crippen LogP contribution in [0.15, 0.2) is 28.9 Å². The molecule has 0 amide bonds. The van der Waals surface area contributed by atoms with Gasteiger partial charge in [0, 0.05) is 17.5 Å². The van der Waals surface area contributed by atoms with Gasteiger partial charge in [0.1, 0.15) is 21.9 Å². The van der Waals surface area contributed by atoms with Gasteiger partial charge in [-0.05, 0) is 34.1 Å². The number of hydrogen-bond donors (Lipinski definition) is 0. The zero-order valence-corrected chi connectivity index (χ0v) is 13.6. The Balaban J connectivity index is 2.55. The molecule has 2 aromatic rings. The zero-order chi connectivity index (χ0) is 14.7. The summed E-state index contributed by atoms with van der Waals surface area (Å²) in [6.45, 7) is 4.13. The van der Waals surface area contributed by atoms with Crippen molar-refractivity contribution in [1.82, 2.24) is 9.97 Å². The maximum atomic E-state index is 5.29. The van der Waals surface area contributed by atoms with E-state index in [9.17, 15) is 0 Å². The molecule has 4 nitrogen and oxygen atoms in total. The molecule has 106 valence electrons. The van der Waals surface area contributed by atoms with Crippen molar-refractivity contribution in [3.05, 3.63) is 34.7 Å². The first kappa shape index (κ1) is 14.8. The van der Waals surface area contributed by atoms with E-state index in [1.165, 1.54) is 0 Å². The highest BCUT2D eigenvalue weighted by molar-refractivity contribution is 9.10. The van der Waals surface area contributed by atoms with Crippen molar-refractivity contribution in [2.75, 3.05) is 14.2 Å². The number of benzene rings is 1. The third-order valence-electron chi connectivity index (χ3n) is 2.88. The first-order chi connectivity index (χ1) is 9.53. The molecule has 0 unspecified atom stereocenters. The number of nitrogens with zero attached hydrogens (tertiary/aromatic N) is 2.